The third kappa shape index (κ3) is 2.98. The minimum Gasteiger partial charge on any atom is -0.385 e. The Kier molecular flexibility index (Phi) is 4.46. The van der Waals surface area contributed by atoms with Crippen LogP contribution in [-0.2, 0) is 9.84 Å². The molecule has 0 saturated carbocycles. The van der Waals surface area contributed by atoms with Crippen molar-refractivity contribution in [3.05, 3.63) is 34.3 Å². The molecule has 3 nitrogen and oxygen atoms in total. The number of aliphatic hydroxyl groups is 1. The fourth-order valence-electron chi connectivity index (χ4n) is 1.04. The van der Waals surface area contributed by atoms with Crippen molar-refractivity contribution in [3.8, 4) is 0 Å². The van der Waals surface area contributed by atoms with Crippen molar-refractivity contribution >= 4 is 53.3 Å². The van der Waals surface area contributed by atoms with Gasteiger partial charge in [-0.3, -0.25) is 0 Å². The summed E-state index contributed by atoms with van der Waals surface area (Å²) in [5.74, 6) is 0. The number of alkyl halides is 2. The van der Waals surface area contributed by atoms with Crippen molar-refractivity contribution in [2.45, 2.75) is 9.22 Å². The van der Waals surface area contributed by atoms with E-state index in [1.165, 1.54) is 0 Å². The Morgan fingerprint density at radius 3 is 2.19 bits per heavy atom. The molecule has 0 unspecified atom stereocenters. The molecule has 1 N–H and O–H groups in total. The predicted molar refractivity (Wildman–Crippen MR) is 71.5 cm³/mol. The van der Waals surface area contributed by atoms with Crippen molar-refractivity contribution in [2.24, 2.45) is 0 Å². The summed E-state index contributed by atoms with van der Waals surface area (Å²) in [4.78, 5) is 0. The largest absolute Gasteiger partial charge is 0.385 e. The second-order valence-corrected chi connectivity index (χ2v) is 9.44. The van der Waals surface area contributed by atoms with Gasteiger partial charge in [0.2, 0.25) is 3.12 Å². The monoisotopic (exact) mass is 390 g/mol. The van der Waals surface area contributed by atoms with Gasteiger partial charge in [0.25, 0.3) is 0 Å². The normalized spacial score (nSPS) is 17.8. The number of hydrogen-bond donors (Lipinski definition) is 1. The summed E-state index contributed by atoms with van der Waals surface area (Å²) in [5, 5.41) is 9.90. The molecule has 90 valence electrons. The van der Waals surface area contributed by atoms with Crippen LogP contribution in [0.4, 0.5) is 0 Å². The number of aliphatic hydroxyl groups excluding tert-OH is 1. The maximum Gasteiger partial charge on any atom is 0.228 e. The summed E-state index contributed by atoms with van der Waals surface area (Å²) in [6.07, 6.45) is -0.395. The minimum atomic E-state index is -3.64. The lowest BCUT2D eigenvalue weighted by Crippen LogP contribution is -2.32. The lowest BCUT2D eigenvalue weighted by Gasteiger charge is -2.24. The second-order valence-electron chi connectivity index (χ2n) is 3.29. The minimum absolute atomic E-state index is 0.417. The molecule has 0 spiro atoms. The molecule has 16 heavy (non-hydrogen) atoms. The van der Waals surface area contributed by atoms with Crippen molar-refractivity contribution in [1.82, 2.24) is 0 Å². The van der Waals surface area contributed by atoms with Gasteiger partial charge in [-0.05, 0) is 33.6 Å². The molecule has 0 amide bonds. The van der Waals surface area contributed by atoms with E-state index >= 15 is 0 Å². The molecule has 1 aromatic rings. The molecule has 0 aromatic heterocycles. The van der Waals surface area contributed by atoms with E-state index in [1.54, 1.807) is 24.3 Å². The Balaban J connectivity index is 3.12. The molecule has 0 aliphatic carbocycles. The summed E-state index contributed by atoms with van der Waals surface area (Å²) in [7, 11) is -3.64. The molecule has 1 aromatic carbocycles. The van der Waals surface area contributed by atoms with Crippen LogP contribution in [0, 0.1) is 0 Å². The van der Waals surface area contributed by atoms with Crippen molar-refractivity contribution in [2.75, 3.05) is 6.26 Å². The first-order chi connectivity index (χ1) is 7.16. The zero-order chi connectivity index (χ0) is 12.6. The molecule has 0 fully saturated rings. The van der Waals surface area contributed by atoms with E-state index in [1.807, 2.05) is 0 Å². The van der Waals surface area contributed by atoms with Gasteiger partial charge >= 0.3 is 0 Å². The van der Waals surface area contributed by atoms with E-state index in [-0.39, 0.29) is 0 Å². The third-order valence-corrected chi connectivity index (χ3v) is 6.98. The Labute approximate surface area is 116 Å². The van der Waals surface area contributed by atoms with Crippen molar-refractivity contribution < 1.29 is 13.5 Å². The van der Waals surface area contributed by atoms with Gasteiger partial charge in [0.05, 0.1) is 0 Å². The number of rotatable bonds is 3. The standard InChI is InChI=1S/C9H9Br2ClO3S/c1-16(14,15)9(11,12)8(13)6-2-4-7(10)5-3-6/h2-5,8,13H,1H3/t8-,9+/m1/s1. The highest BCUT2D eigenvalue weighted by Gasteiger charge is 2.44. The van der Waals surface area contributed by atoms with Crippen LogP contribution >= 0.6 is 43.5 Å². The van der Waals surface area contributed by atoms with Crippen LogP contribution < -0.4 is 0 Å². The molecule has 0 bridgehead atoms. The summed E-state index contributed by atoms with van der Waals surface area (Å²) in [6.45, 7) is 0. The number of hydrogen-bond acceptors (Lipinski definition) is 3. The highest BCUT2D eigenvalue weighted by molar-refractivity contribution is 9.12. The van der Waals surface area contributed by atoms with Crippen LogP contribution in [0.1, 0.15) is 11.7 Å². The van der Waals surface area contributed by atoms with Crippen LogP contribution in [0.25, 0.3) is 0 Å². The smallest absolute Gasteiger partial charge is 0.228 e. The second kappa shape index (κ2) is 4.94. The maximum absolute atomic E-state index is 11.4. The Hall–Kier alpha value is 0.380. The van der Waals surface area contributed by atoms with Gasteiger partial charge in [0.1, 0.15) is 6.10 Å². The van der Waals surface area contributed by atoms with Crippen LogP contribution in [0.5, 0.6) is 0 Å². The van der Waals surface area contributed by atoms with Gasteiger partial charge in [0.15, 0.2) is 9.84 Å². The molecule has 0 aliphatic heterocycles. The van der Waals surface area contributed by atoms with E-state index in [2.05, 4.69) is 31.9 Å². The Morgan fingerprint density at radius 1 is 1.38 bits per heavy atom. The van der Waals surface area contributed by atoms with Gasteiger partial charge in [-0.2, -0.15) is 0 Å². The number of benzene rings is 1. The van der Waals surface area contributed by atoms with Crippen molar-refractivity contribution in [1.29, 1.82) is 0 Å². The van der Waals surface area contributed by atoms with Crippen molar-refractivity contribution in [3.63, 3.8) is 0 Å². The van der Waals surface area contributed by atoms with E-state index in [0.29, 0.717) is 5.56 Å². The van der Waals surface area contributed by atoms with E-state index in [4.69, 9.17) is 11.6 Å². The Morgan fingerprint density at radius 2 is 1.81 bits per heavy atom. The lowest BCUT2D eigenvalue weighted by molar-refractivity contribution is 0.185. The van der Waals surface area contributed by atoms with E-state index < -0.39 is 19.1 Å². The summed E-state index contributed by atoms with van der Waals surface area (Å²) in [5.41, 5.74) is 0.417. The van der Waals surface area contributed by atoms with Crippen LogP contribution in [0.2, 0.25) is 0 Å². The summed E-state index contributed by atoms with van der Waals surface area (Å²) < 4.78 is 21.7. The molecule has 2 atom stereocenters. The molecule has 1 rings (SSSR count). The average Bonchev–Trinajstić information content (AvgIpc) is 2.16. The lowest BCUT2D eigenvalue weighted by atomic mass is 10.1. The molecular formula is C9H9Br2ClO3S. The number of halogens is 3. The molecule has 0 saturated heterocycles. The first-order valence-corrected chi connectivity index (χ1v) is 8.02. The van der Waals surface area contributed by atoms with Gasteiger partial charge in [-0.15, -0.1) is 0 Å². The van der Waals surface area contributed by atoms with E-state index in [0.717, 1.165) is 10.7 Å². The van der Waals surface area contributed by atoms with E-state index in [9.17, 15) is 13.5 Å². The summed E-state index contributed by atoms with van der Waals surface area (Å²) in [6, 6.07) is 6.58. The topological polar surface area (TPSA) is 54.4 Å². The van der Waals surface area contributed by atoms with Crippen LogP contribution in [-0.4, -0.2) is 22.9 Å². The zero-order valence-corrected chi connectivity index (χ0v) is 12.9. The average molecular weight is 392 g/mol. The Bertz CT molecular complexity index is 470. The highest BCUT2D eigenvalue weighted by Crippen LogP contribution is 2.42. The van der Waals surface area contributed by atoms with Crippen LogP contribution in [0.3, 0.4) is 0 Å². The highest BCUT2D eigenvalue weighted by atomic mass is 79.9. The molecule has 0 aliphatic rings. The fraction of sp³-hybridized carbons (Fsp3) is 0.333. The predicted octanol–water partition coefficient (Wildman–Crippen LogP) is 2.81. The quantitative estimate of drug-likeness (QED) is 0.805. The molecule has 0 heterocycles. The first-order valence-electron chi connectivity index (χ1n) is 4.17. The number of sulfone groups is 1. The fourth-order valence-corrected chi connectivity index (χ4v) is 2.24. The van der Waals surface area contributed by atoms with Gasteiger partial charge in [-0.1, -0.05) is 39.7 Å². The molecule has 0 radical (unpaired) electrons. The van der Waals surface area contributed by atoms with Gasteiger partial charge in [-0.25, -0.2) is 8.42 Å². The summed E-state index contributed by atoms with van der Waals surface area (Å²) >= 11 is 11.9. The van der Waals surface area contributed by atoms with Crippen LogP contribution in [0.15, 0.2) is 28.7 Å². The zero-order valence-electron chi connectivity index (χ0n) is 8.19. The SMILES string of the molecule is CS(=O)(=O)[C@](Cl)(Br)[C@H](O)c1ccc(Br)cc1. The molecular weight excluding hydrogens is 383 g/mol. The van der Waals surface area contributed by atoms with Gasteiger partial charge < -0.3 is 5.11 Å². The molecule has 7 heteroatoms. The third-order valence-electron chi connectivity index (χ3n) is 2.00. The first kappa shape index (κ1) is 14.4. The van der Waals surface area contributed by atoms with Gasteiger partial charge in [0, 0.05) is 10.7 Å². The maximum atomic E-state index is 11.4.